The van der Waals surface area contributed by atoms with Gasteiger partial charge in [-0.2, -0.15) is 0 Å². The van der Waals surface area contributed by atoms with Gasteiger partial charge in [-0.15, -0.1) is 0 Å². The molecule has 1 aliphatic rings. The van der Waals surface area contributed by atoms with Gasteiger partial charge in [-0.1, -0.05) is 36.0 Å². The van der Waals surface area contributed by atoms with E-state index in [2.05, 4.69) is 12.2 Å². The van der Waals surface area contributed by atoms with Crippen LogP contribution in [0.4, 0.5) is 0 Å². The SMILES string of the molecule is C[Si]=C[C@@]1(c2ccc(Cl)cc2)CCC[C@@H]1OC(=O)[C@H](C)N. The van der Waals surface area contributed by atoms with E-state index in [1.54, 1.807) is 6.92 Å². The van der Waals surface area contributed by atoms with Crippen LogP contribution in [0.2, 0.25) is 11.6 Å². The number of carbonyl (C=O) groups is 1. The van der Waals surface area contributed by atoms with Crippen LogP contribution in [0.5, 0.6) is 0 Å². The molecule has 0 amide bonds. The monoisotopic (exact) mass is 322 g/mol. The third kappa shape index (κ3) is 3.44. The smallest absolute Gasteiger partial charge is 0.322 e. The Morgan fingerprint density at radius 1 is 1.52 bits per heavy atom. The van der Waals surface area contributed by atoms with Crippen molar-refractivity contribution in [3.63, 3.8) is 0 Å². The number of hydrogen-bond acceptors (Lipinski definition) is 3. The van der Waals surface area contributed by atoms with E-state index in [0.29, 0.717) is 9.13 Å². The average molecular weight is 323 g/mol. The molecule has 3 atom stereocenters. The van der Waals surface area contributed by atoms with Crippen molar-refractivity contribution in [2.24, 2.45) is 5.73 Å². The highest BCUT2D eigenvalue weighted by molar-refractivity contribution is 6.47. The van der Waals surface area contributed by atoms with Crippen molar-refractivity contribution in [3.05, 3.63) is 34.9 Å². The highest BCUT2D eigenvalue weighted by atomic mass is 35.5. The Morgan fingerprint density at radius 3 is 2.76 bits per heavy atom. The maximum absolute atomic E-state index is 11.9. The van der Waals surface area contributed by atoms with Crippen molar-refractivity contribution in [1.82, 2.24) is 0 Å². The number of benzene rings is 1. The fraction of sp³-hybridized carbons (Fsp3) is 0.500. The lowest BCUT2D eigenvalue weighted by atomic mass is 9.79. The molecule has 1 aromatic rings. The molecule has 1 radical (unpaired) electrons. The molecule has 1 aromatic carbocycles. The van der Waals surface area contributed by atoms with Gasteiger partial charge in [-0.05, 0) is 43.9 Å². The predicted molar refractivity (Wildman–Crippen MR) is 88.2 cm³/mol. The zero-order valence-corrected chi connectivity index (χ0v) is 14.2. The van der Waals surface area contributed by atoms with E-state index < -0.39 is 6.04 Å². The zero-order chi connectivity index (χ0) is 15.5. The van der Waals surface area contributed by atoms with E-state index in [9.17, 15) is 4.79 Å². The molecule has 1 aliphatic carbocycles. The van der Waals surface area contributed by atoms with Gasteiger partial charge in [0.25, 0.3) is 0 Å². The van der Waals surface area contributed by atoms with E-state index in [0.717, 1.165) is 24.3 Å². The maximum atomic E-state index is 11.9. The second-order valence-corrected chi connectivity index (χ2v) is 6.89. The van der Waals surface area contributed by atoms with E-state index in [1.165, 1.54) is 5.56 Å². The first kappa shape index (κ1) is 16.4. The van der Waals surface area contributed by atoms with Gasteiger partial charge in [0.15, 0.2) is 0 Å². The minimum atomic E-state index is -0.586. The van der Waals surface area contributed by atoms with Gasteiger partial charge >= 0.3 is 5.97 Å². The third-order valence-electron chi connectivity index (χ3n) is 4.05. The minimum Gasteiger partial charge on any atom is -0.460 e. The number of rotatable bonds is 4. The highest BCUT2D eigenvalue weighted by Crippen LogP contribution is 2.42. The largest absolute Gasteiger partial charge is 0.460 e. The molecular formula is C16H21ClNO2Si. The number of hydrogen-bond donors (Lipinski definition) is 1. The fourth-order valence-corrected chi connectivity index (χ4v) is 4.14. The molecule has 1 fully saturated rings. The van der Waals surface area contributed by atoms with Gasteiger partial charge in [-0.25, -0.2) is 0 Å². The summed E-state index contributed by atoms with van der Waals surface area (Å²) in [6.45, 7) is 3.80. The summed E-state index contributed by atoms with van der Waals surface area (Å²) in [7, 11) is 0.682. The van der Waals surface area contributed by atoms with Crippen molar-refractivity contribution in [2.75, 3.05) is 0 Å². The Hall–Kier alpha value is -0.973. The molecule has 0 heterocycles. The van der Waals surface area contributed by atoms with Gasteiger partial charge < -0.3 is 10.5 Å². The first-order valence-corrected chi connectivity index (χ1v) is 9.19. The van der Waals surface area contributed by atoms with Crippen LogP contribution >= 0.6 is 11.6 Å². The Balaban J connectivity index is 2.35. The second-order valence-electron chi connectivity index (χ2n) is 5.59. The second kappa shape index (κ2) is 6.86. The number of halogens is 1. The van der Waals surface area contributed by atoms with Crippen molar-refractivity contribution < 1.29 is 9.53 Å². The van der Waals surface area contributed by atoms with Gasteiger partial charge in [-0.3, -0.25) is 4.79 Å². The minimum absolute atomic E-state index is 0.135. The van der Waals surface area contributed by atoms with E-state index in [1.807, 2.05) is 24.3 Å². The Labute approximate surface area is 133 Å². The van der Waals surface area contributed by atoms with Crippen molar-refractivity contribution in [3.8, 4) is 0 Å². The summed E-state index contributed by atoms with van der Waals surface area (Å²) in [6.07, 6.45) is 2.78. The molecule has 21 heavy (non-hydrogen) atoms. The number of nitrogens with two attached hydrogens (primary N) is 1. The van der Waals surface area contributed by atoms with Crippen molar-refractivity contribution >= 4 is 32.4 Å². The van der Waals surface area contributed by atoms with Crippen LogP contribution in [0, 0.1) is 0 Å². The fourth-order valence-electron chi connectivity index (χ4n) is 3.01. The molecule has 0 aliphatic heterocycles. The molecule has 5 heteroatoms. The molecule has 1 saturated carbocycles. The van der Waals surface area contributed by atoms with Gasteiger partial charge in [0.05, 0.1) is 0 Å². The molecular weight excluding hydrogens is 302 g/mol. The van der Waals surface area contributed by atoms with Crippen LogP contribution in [-0.4, -0.2) is 32.9 Å². The highest BCUT2D eigenvalue weighted by Gasteiger charge is 2.44. The summed E-state index contributed by atoms with van der Waals surface area (Å²) in [4.78, 5) is 11.9. The van der Waals surface area contributed by atoms with Crippen LogP contribution in [0.15, 0.2) is 24.3 Å². The predicted octanol–water partition coefficient (Wildman–Crippen LogP) is 2.58. The van der Waals surface area contributed by atoms with Crippen LogP contribution in [0.3, 0.4) is 0 Å². The standard InChI is InChI=1S/C16H21ClNO2Si/c1-11(18)15(19)20-14-4-3-9-16(14,10-21-2)12-5-7-13(17)8-6-12/h5-8,10-11,14H,3-4,9,18H2,1-2H3/t11-,14-,16+/m0/s1. The maximum Gasteiger partial charge on any atom is 0.322 e. The first-order chi connectivity index (χ1) is 9.99. The van der Waals surface area contributed by atoms with Gasteiger partial charge in [0, 0.05) is 19.6 Å². The van der Waals surface area contributed by atoms with Gasteiger partial charge in [0.1, 0.15) is 12.1 Å². The summed E-state index contributed by atoms with van der Waals surface area (Å²) in [6, 6.07) is 7.29. The number of esters is 1. The van der Waals surface area contributed by atoms with Crippen molar-refractivity contribution in [2.45, 2.75) is 50.3 Å². The third-order valence-corrected chi connectivity index (χ3v) is 5.10. The molecule has 0 aromatic heterocycles. The van der Waals surface area contributed by atoms with Gasteiger partial charge in [0.2, 0.25) is 0 Å². The van der Waals surface area contributed by atoms with E-state index in [-0.39, 0.29) is 17.5 Å². The summed E-state index contributed by atoms with van der Waals surface area (Å²) in [5.41, 5.74) is 8.89. The topological polar surface area (TPSA) is 52.3 Å². The molecule has 113 valence electrons. The molecule has 0 spiro atoms. The zero-order valence-electron chi connectivity index (χ0n) is 12.4. The summed E-state index contributed by atoms with van der Waals surface area (Å²) in [5.74, 6) is -0.326. The van der Waals surface area contributed by atoms with Crippen LogP contribution in [0.1, 0.15) is 31.7 Å². The van der Waals surface area contributed by atoms with Crippen LogP contribution in [-0.2, 0) is 14.9 Å². The molecule has 0 unspecified atom stereocenters. The summed E-state index contributed by atoms with van der Waals surface area (Å²) < 4.78 is 5.70. The Morgan fingerprint density at radius 2 is 2.19 bits per heavy atom. The van der Waals surface area contributed by atoms with E-state index >= 15 is 0 Å². The Kier molecular flexibility index (Phi) is 5.36. The normalized spacial score (nSPS) is 27.0. The Bertz CT molecular complexity index is 530. The van der Waals surface area contributed by atoms with Crippen LogP contribution in [0.25, 0.3) is 0 Å². The molecule has 2 N–H and O–H groups in total. The number of carbonyl (C=O) groups excluding carboxylic acids is 1. The lowest BCUT2D eigenvalue weighted by molar-refractivity contribution is -0.151. The molecule has 2 rings (SSSR count). The molecule has 0 bridgehead atoms. The number of ether oxygens (including phenoxy) is 1. The molecule has 0 saturated heterocycles. The lowest BCUT2D eigenvalue weighted by Crippen LogP contribution is -2.43. The summed E-state index contributed by atoms with van der Waals surface area (Å²) in [5, 5.41) is 0.718. The quantitative estimate of drug-likeness (QED) is 0.684. The van der Waals surface area contributed by atoms with Crippen LogP contribution < -0.4 is 5.73 Å². The first-order valence-electron chi connectivity index (χ1n) is 7.23. The lowest BCUT2D eigenvalue weighted by Gasteiger charge is -2.33. The van der Waals surface area contributed by atoms with E-state index in [4.69, 9.17) is 22.1 Å². The average Bonchev–Trinajstić information content (AvgIpc) is 2.83. The van der Waals surface area contributed by atoms with Crippen molar-refractivity contribution in [1.29, 1.82) is 0 Å². The molecule has 3 nitrogen and oxygen atoms in total. The summed E-state index contributed by atoms with van der Waals surface area (Å²) >= 11 is 5.99.